The summed E-state index contributed by atoms with van der Waals surface area (Å²) < 4.78 is 10.6. The van der Waals surface area contributed by atoms with Crippen LogP contribution in [0.15, 0.2) is 54.6 Å². The van der Waals surface area contributed by atoms with Gasteiger partial charge in [-0.25, -0.2) is 4.79 Å². The summed E-state index contributed by atoms with van der Waals surface area (Å²) in [5.74, 6) is -0.190. The minimum Gasteiger partial charge on any atom is -0.497 e. The van der Waals surface area contributed by atoms with Crippen LogP contribution in [0, 0.1) is 5.92 Å². The van der Waals surface area contributed by atoms with Crippen LogP contribution >= 0.6 is 0 Å². The molecule has 8 heteroatoms. The zero-order valence-corrected chi connectivity index (χ0v) is 23.0. The van der Waals surface area contributed by atoms with Crippen molar-refractivity contribution in [1.82, 2.24) is 10.2 Å². The zero-order chi connectivity index (χ0) is 27.6. The van der Waals surface area contributed by atoms with Gasteiger partial charge in [-0.15, -0.1) is 0 Å². The number of ether oxygens (including phenoxy) is 2. The van der Waals surface area contributed by atoms with Gasteiger partial charge in [0.1, 0.15) is 23.4 Å². The molecule has 0 aliphatic carbocycles. The second-order valence-corrected chi connectivity index (χ2v) is 10.1. The Morgan fingerprint density at radius 3 is 2.11 bits per heavy atom. The van der Waals surface area contributed by atoms with Crippen molar-refractivity contribution < 1.29 is 23.9 Å². The minimum absolute atomic E-state index is 0.180. The fourth-order valence-corrected chi connectivity index (χ4v) is 3.90. The molecule has 0 heterocycles. The Hall–Kier alpha value is -3.55. The van der Waals surface area contributed by atoms with E-state index in [1.807, 2.05) is 51.1 Å². The second-order valence-electron chi connectivity index (χ2n) is 10.1. The highest BCUT2D eigenvalue weighted by Gasteiger charge is 2.37. The molecule has 0 spiro atoms. The maximum absolute atomic E-state index is 14.0. The lowest BCUT2D eigenvalue weighted by molar-refractivity contribution is -0.141. The normalized spacial score (nSPS) is 13.6. The fourth-order valence-electron chi connectivity index (χ4n) is 3.90. The molecule has 0 aliphatic heterocycles. The van der Waals surface area contributed by atoms with E-state index in [1.54, 1.807) is 57.0 Å². The van der Waals surface area contributed by atoms with Crippen LogP contribution in [0.25, 0.3) is 0 Å². The van der Waals surface area contributed by atoms with Crippen LogP contribution in [-0.2, 0) is 14.3 Å². The summed E-state index contributed by atoms with van der Waals surface area (Å²) in [5, 5.41) is 5.71. The van der Waals surface area contributed by atoms with E-state index in [-0.39, 0.29) is 17.7 Å². The molecule has 0 radical (unpaired) electrons. The molecule has 2 aromatic carbocycles. The van der Waals surface area contributed by atoms with Crippen LogP contribution in [-0.4, -0.2) is 48.1 Å². The highest BCUT2D eigenvalue weighted by molar-refractivity contribution is 5.99. The molecule has 3 unspecified atom stereocenters. The minimum atomic E-state index is -0.900. The summed E-state index contributed by atoms with van der Waals surface area (Å²) in [5.41, 5.74) is 0.553. The third kappa shape index (κ3) is 8.81. The van der Waals surface area contributed by atoms with Crippen LogP contribution < -0.4 is 15.4 Å². The Bertz CT molecular complexity index is 1020. The van der Waals surface area contributed by atoms with Crippen molar-refractivity contribution in [3.63, 3.8) is 0 Å². The number of hydrogen-bond acceptors (Lipinski definition) is 5. The average Bonchev–Trinajstić information content (AvgIpc) is 2.86. The SMILES string of the molecule is CCCN(C(=O)C(NC(=O)OC(C)(C)C)C(C)CC)C(C(=O)Nc1ccc(OC)cc1)c1ccccc1. The molecule has 2 aromatic rings. The Morgan fingerprint density at radius 2 is 1.59 bits per heavy atom. The number of carbonyl (C=O) groups is 3. The smallest absolute Gasteiger partial charge is 0.408 e. The molecule has 0 fully saturated rings. The van der Waals surface area contributed by atoms with Crippen molar-refractivity contribution in [2.24, 2.45) is 5.92 Å². The number of benzene rings is 2. The van der Waals surface area contributed by atoms with E-state index in [1.165, 1.54) is 0 Å². The Kier molecular flexibility index (Phi) is 11.0. The van der Waals surface area contributed by atoms with Crippen molar-refractivity contribution >= 4 is 23.6 Å². The van der Waals surface area contributed by atoms with Crippen molar-refractivity contribution in [3.05, 3.63) is 60.2 Å². The number of nitrogens with zero attached hydrogens (tertiary/aromatic N) is 1. The zero-order valence-electron chi connectivity index (χ0n) is 23.0. The van der Waals surface area contributed by atoms with Gasteiger partial charge < -0.3 is 25.0 Å². The van der Waals surface area contributed by atoms with Gasteiger partial charge in [0, 0.05) is 12.2 Å². The summed E-state index contributed by atoms with van der Waals surface area (Å²) in [6.07, 6.45) is 0.617. The van der Waals surface area contributed by atoms with Crippen LogP contribution in [0.3, 0.4) is 0 Å². The van der Waals surface area contributed by atoms with E-state index in [2.05, 4.69) is 10.6 Å². The molecule has 2 rings (SSSR count). The maximum atomic E-state index is 14.0. The van der Waals surface area contributed by atoms with Crippen LogP contribution in [0.4, 0.5) is 10.5 Å². The molecule has 3 amide bonds. The van der Waals surface area contributed by atoms with Crippen molar-refractivity contribution in [1.29, 1.82) is 0 Å². The molecule has 2 N–H and O–H groups in total. The Labute approximate surface area is 220 Å². The molecule has 3 atom stereocenters. The fraction of sp³-hybridized carbons (Fsp3) is 0.483. The van der Waals surface area contributed by atoms with Gasteiger partial charge in [-0.1, -0.05) is 57.5 Å². The first-order chi connectivity index (χ1) is 17.5. The first-order valence-corrected chi connectivity index (χ1v) is 12.8. The maximum Gasteiger partial charge on any atom is 0.408 e. The molecule has 37 heavy (non-hydrogen) atoms. The number of anilines is 1. The molecule has 0 bridgehead atoms. The topological polar surface area (TPSA) is 97.0 Å². The largest absolute Gasteiger partial charge is 0.497 e. The lowest BCUT2D eigenvalue weighted by Crippen LogP contribution is -2.54. The van der Waals surface area contributed by atoms with Gasteiger partial charge in [-0.2, -0.15) is 0 Å². The summed E-state index contributed by atoms with van der Waals surface area (Å²) in [7, 11) is 1.58. The number of rotatable bonds is 11. The van der Waals surface area contributed by atoms with Crippen molar-refractivity contribution in [3.8, 4) is 5.75 Å². The van der Waals surface area contributed by atoms with Gasteiger partial charge in [0.15, 0.2) is 0 Å². The van der Waals surface area contributed by atoms with Crippen molar-refractivity contribution in [2.75, 3.05) is 19.0 Å². The van der Waals surface area contributed by atoms with Gasteiger partial charge in [-0.05, 0) is 62.9 Å². The van der Waals surface area contributed by atoms with Gasteiger partial charge in [0.05, 0.1) is 7.11 Å². The Balaban J connectivity index is 2.45. The van der Waals surface area contributed by atoms with E-state index >= 15 is 0 Å². The van der Waals surface area contributed by atoms with Crippen molar-refractivity contribution in [2.45, 2.75) is 72.1 Å². The molecule has 0 aromatic heterocycles. The highest BCUT2D eigenvalue weighted by atomic mass is 16.6. The third-order valence-corrected chi connectivity index (χ3v) is 5.93. The molecule has 0 saturated carbocycles. The first-order valence-electron chi connectivity index (χ1n) is 12.8. The predicted octanol–water partition coefficient (Wildman–Crippen LogP) is 5.55. The van der Waals surface area contributed by atoms with Gasteiger partial charge >= 0.3 is 6.09 Å². The van der Waals surface area contributed by atoms with E-state index < -0.39 is 23.8 Å². The predicted molar refractivity (Wildman–Crippen MR) is 145 cm³/mol. The summed E-state index contributed by atoms with van der Waals surface area (Å²) >= 11 is 0. The number of alkyl carbamates (subject to hydrolysis) is 1. The van der Waals surface area contributed by atoms with E-state index in [0.29, 0.717) is 36.4 Å². The lowest BCUT2D eigenvalue weighted by atomic mass is 9.95. The summed E-state index contributed by atoms with van der Waals surface area (Å²) in [4.78, 5) is 42.0. The Morgan fingerprint density at radius 1 is 0.973 bits per heavy atom. The molecule has 0 saturated heterocycles. The molecular formula is C29H41N3O5. The quantitative estimate of drug-likeness (QED) is 0.412. The number of amides is 3. The lowest BCUT2D eigenvalue weighted by Gasteiger charge is -2.36. The van der Waals surface area contributed by atoms with Crippen LogP contribution in [0.1, 0.15) is 66.0 Å². The van der Waals surface area contributed by atoms with E-state index in [4.69, 9.17) is 9.47 Å². The van der Waals surface area contributed by atoms with Crippen LogP contribution in [0.5, 0.6) is 5.75 Å². The monoisotopic (exact) mass is 511 g/mol. The average molecular weight is 512 g/mol. The van der Waals surface area contributed by atoms with E-state index in [0.717, 1.165) is 0 Å². The molecule has 202 valence electrons. The molecular weight excluding hydrogens is 470 g/mol. The number of nitrogens with one attached hydrogen (secondary N) is 2. The summed E-state index contributed by atoms with van der Waals surface area (Å²) in [6, 6.07) is 14.4. The summed E-state index contributed by atoms with van der Waals surface area (Å²) in [6.45, 7) is 11.4. The number of carbonyl (C=O) groups excluding carboxylic acids is 3. The third-order valence-electron chi connectivity index (χ3n) is 5.93. The van der Waals surface area contributed by atoms with Crippen LogP contribution in [0.2, 0.25) is 0 Å². The van der Waals surface area contributed by atoms with Gasteiger partial charge in [-0.3, -0.25) is 9.59 Å². The standard InChI is InChI=1S/C29H41N3O5/c1-8-19-32(27(34)24(20(3)9-2)31-28(35)37-29(4,5)6)25(21-13-11-10-12-14-21)26(33)30-22-15-17-23(36-7)18-16-22/h10-18,20,24-25H,8-9,19H2,1-7H3,(H,30,33)(H,31,35). The highest BCUT2D eigenvalue weighted by Crippen LogP contribution is 2.27. The van der Waals surface area contributed by atoms with Gasteiger partial charge in [0.2, 0.25) is 5.91 Å². The second kappa shape index (κ2) is 13.7. The first kappa shape index (κ1) is 29.7. The number of hydrogen-bond donors (Lipinski definition) is 2. The van der Waals surface area contributed by atoms with Gasteiger partial charge in [0.25, 0.3) is 5.91 Å². The molecule has 8 nitrogen and oxygen atoms in total. The number of methoxy groups -OCH3 is 1. The van der Waals surface area contributed by atoms with E-state index in [9.17, 15) is 14.4 Å². The molecule has 0 aliphatic rings.